The number of para-hydroxylation sites is 1. The van der Waals surface area contributed by atoms with Crippen LogP contribution in [-0.4, -0.2) is 29.5 Å². The van der Waals surface area contributed by atoms with E-state index in [2.05, 4.69) is 0 Å². The lowest BCUT2D eigenvalue weighted by Crippen LogP contribution is -2.45. The number of aliphatic carboxylic acids is 1. The number of thioether (sulfide) groups is 1. The smallest absolute Gasteiger partial charge is 0.323 e. The fourth-order valence-electron chi connectivity index (χ4n) is 1.22. The van der Waals surface area contributed by atoms with Crippen LogP contribution in [0.15, 0.2) is 29.2 Å². The molecule has 0 fully saturated rings. The van der Waals surface area contributed by atoms with Crippen molar-refractivity contribution in [2.24, 2.45) is 5.73 Å². The summed E-state index contributed by atoms with van der Waals surface area (Å²) in [7, 11) is 1.61. The number of hydrogen-bond acceptors (Lipinski definition) is 4. The molecule has 0 aliphatic heterocycles. The van der Waals surface area contributed by atoms with Crippen LogP contribution >= 0.6 is 11.8 Å². The van der Waals surface area contributed by atoms with Gasteiger partial charge in [-0.2, -0.15) is 0 Å². The number of benzene rings is 1. The Bertz CT molecular complexity index is 393. The molecule has 0 bridgehead atoms. The van der Waals surface area contributed by atoms with E-state index in [1.54, 1.807) is 18.9 Å². The Morgan fingerprint density at radius 2 is 2.18 bits per heavy atom. The van der Waals surface area contributed by atoms with E-state index in [9.17, 15) is 4.79 Å². The number of ether oxygens (including phenoxy) is 1. The number of methoxy groups -OCH3 is 1. The largest absolute Gasteiger partial charge is 0.496 e. The molecule has 1 atom stereocenters. The van der Waals surface area contributed by atoms with Crippen LogP contribution in [0.5, 0.6) is 5.75 Å². The van der Waals surface area contributed by atoms with Gasteiger partial charge in [0.25, 0.3) is 0 Å². The predicted molar refractivity (Wildman–Crippen MR) is 68.6 cm³/mol. The molecular weight excluding hydrogens is 238 g/mol. The van der Waals surface area contributed by atoms with E-state index >= 15 is 0 Å². The lowest BCUT2D eigenvalue weighted by Gasteiger charge is -2.18. The van der Waals surface area contributed by atoms with Gasteiger partial charge in [0.1, 0.15) is 11.3 Å². The Kier molecular flexibility index (Phi) is 4.84. The van der Waals surface area contributed by atoms with Gasteiger partial charge in [0.2, 0.25) is 0 Å². The lowest BCUT2D eigenvalue weighted by molar-refractivity contribution is -0.142. The van der Waals surface area contributed by atoms with Crippen LogP contribution in [0.3, 0.4) is 0 Å². The molecule has 0 spiro atoms. The van der Waals surface area contributed by atoms with Crippen molar-refractivity contribution < 1.29 is 14.6 Å². The molecule has 94 valence electrons. The summed E-state index contributed by atoms with van der Waals surface area (Å²) in [6.07, 6.45) is 0.408. The molecule has 0 aliphatic rings. The number of hydrogen-bond donors (Lipinski definition) is 2. The second-order valence-corrected chi connectivity index (χ2v) is 5.11. The summed E-state index contributed by atoms with van der Waals surface area (Å²) in [6, 6.07) is 7.64. The standard InChI is InChI=1S/C12H17NO3S/c1-12(13,11(14)15)7-8-17-10-6-4-3-5-9(10)16-2/h3-6H,7-8,13H2,1-2H3,(H,14,15). The maximum Gasteiger partial charge on any atom is 0.323 e. The number of nitrogens with two attached hydrogens (primary N) is 1. The van der Waals surface area contributed by atoms with Crippen molar-refractivity contribution in [3.8, 4) is 5.75 Å². The van der Waals surface area contributed by atoms with E-state index in [0.717, 1.165) is 10.6 Å². The summed E-state index contributed by atoms with van der Waals surface area (Å²) in [5, 5.41) is 8.88. The zero-order valence-corrected chi connectivity index (χ0v) is 10.8. The molecule has 17 heavy (non-hydrogen) atoms. The van der Waals surface area contributed by atoms with Gasteiger partial charge in [-0.1, -0.05) is 12.1 Å². The van der Waals surface area contributed by atoms with E-state index < -0.39 is 11.5 Å². The third-order valence-electron chi connectivity index (χ3n) is 2.44. The van der Waals surface area contributed by atoms with Gasteiger partial charge in [0.15, 0.2) is 0 Å². The first-order valence-electron chi connectivity index (χ1n) is 5.25. The molecule has 0 radical (unpaired) electrons. The highest BCUT2D eigenvalue weighted by Gasteiger charge is 2.27. The van der Waals surface area contributed by atoms with Crippen LogP contribution in [0, 0.1) is 0 Å². The lowest BCUT2D eigenvalue weighted by atomic mass is 10.0. The van der Waals surface area contributed by atoms with Crippen LogP contribution in [-0.2, 0) is 4.79 Å². The Morgan fingerprint density at radius 3 is 2.76 bits per heavy atom. The van der Waals surface area contributed by atoms with Crippen molar-refractivity contribution in [2.45, 2.75) is 23.8 Å². The second-order valence-electron chi connectivity index (χ2n) is 3.97. The normalized spacial score (nSPS) is 14.1. The Labute approximate surface area is 105 Å². The minimum absolute atomic E-state index is 0.408. The van der Waals surface area contributed by atoms with Crippen molar-refractivity contribution in [2.75, 3.05) is 12.9 Å². The minimum atomic E-state index is -1.17. The maximum absolute atomic E-state index is 10.8. The molecule has 1 aromatic rings. The van der Waals surface area contributed by atoms with E-state index in [1.165, 1.54) is 6.92 Å². The van der Waals surface area contributed by atoms with E-state index in [4.69, 9.17) is 15.6 Å². The van der Waals surface area contributed by atoms with E-state index in [1.807, 2.05) is 24.3 Å². The monoisotopic (exact) mass is 255 g/mol. The summed E-state index contributed by atoms with van der Waals surface area (Å²) < 4.78 is 5.21. The molecule has 1 aromatic carbocycles. The third-order valence-corrected chi connectivity index (χ3v) is 3.49. The van der Waals surface area contributed by atoms with Gasteiger partial charge in [-0.05, 0) is 25.5 Å². The molecule has 0 aromatic heterocycles. The highest BCUT2D eigenvalue weighted by Crippen LogP contribution is 2.29. The van der Waals surface area contributed by atoms with Gasteiger partial charge < -0.3 is 15.6 Å². The van der Waals surface area contributed by atoms with Gasteiger partial charge in [-0.25, -0.2) is 0 Å². The van der Waals surface area contributed by atoms with Crippen molar-refractivity contribution in [1.29, 1.82) is 0 Å². The highest BCUT2D eigenvalue weighted by molar-refractivity contribution is 7.99. The summed E-state index contributed by atoms with van der Waals surface area (Å²) in [5.74, 6) is 0.462. The average Bonchev–Trinajstić information content (AvgIpc) is 2.29. The molecule has 0 heterocycles. The number of carboxylic acid groups (broad SMARTS) is 1. The fourth-order valence-corrected chi connectivity index (χ4v) is 2.43. The Hall–Kier alpha value is -1.20. The SMILES string of the molecule is COc1ccccc1SCCC(C)(N)C(=O)O. The van der Waals surface area contributed by atoms with Crippen LogP contribution in [0.2, 0.25) is 0 Å². The maximum atomic E-state index is 10.8. The Morgan fingerprint density at radius 1 is 1.53 bits per heavy atom. The van der Waals surface area contributed by atoms with Crippen LogP contribution < -0.4 is 10.5 Å². The summed E-state index contributed by atoms with van der Waals surface area (Å²) >= 11 is 1.55. The first-order valence-corrected chi connectivity index (χ1v) is 6.24. The van der Waals surface area contributed by atoms with Crippen molar-refractivity contribution in [3.05, 3.63) is 24.3 Å². The molecular formula is C12H17NO3S. The fraction of sp³-hybridized carbons (Fsp3) is 0.417. The highest BCUT2D eigenvalue weighted by atomic mass is 32.2. The summed E-state index contributed by atoms with van der Waals surface area (Å²) in [6.45, 7) is 1.53. The second kappa shape index (κ2) is 5.93. The van der Waals surface area contributed by atoms with E-state index in [0.29, 0.717) is 12.2 Å². The minimum Gasteiger partial charge on any atom is -0.496 e. The predicted octanol–water partition coefficient (Wildman–Crippen LogP) is 1.98. The van der Waals surface area contributed by atoms with Crippen molar-refractivity contribution in [3.63, 3.8) is 0 Å². The van der Waals surface area contributed by atoms with Gasteiger partial charge in [-0.15, -0.1) is 11.8 Å². The third kappa shape index (κ3) is 3.94. The topological polar surface area (TPSA) is 72.5 Å². The van der Waals surface area contributed by atoms with Crippen LogP contribution in [0.25, 0.3) is 0 Å². The first-order chi connectivity index (χ1) is 7.97. The summed E-state index contributed by atoms with van der Waals surface area (Å²) in [4.78, 5) is 11.8. The van der Waals surface area contributed by atoms with Crippen molar-refractivity contribution in [1.82, 2.24) is 0 Å². The van der Waals surface area contributed by atoms with Gasteiger partial charge in [0, 0.05) is 10.6 Å². The van der Waals surface area contributed by atoms with Gasteiger partial charge in [0.05, 0.1) is 7.11 Å². The Balaban J connectivity index is 2.54. The van der Waals surface area contributed by atoms with Crippen molar-refractivity contribution >= 4 is 17.7 Å². The molecule has 0 saturated carbocycles. The zero-order valence-electron chi connectivity index (χ0n) is 9.97. The zero-order chi connectivity index (χ0) is 12.9. The van der Waals surface area contributed by atoms with Crippen LogP contribution in [0.1, 0.15) is 13.3 Å². The number of rotatable bonds is 6. The van der Waals surface area contributed by atoms with Gasteiger partial charge >= 0.3 is 5.97 Å². The molecule has 4 nitrogen and oxygen atoms in total. The van der Waals surface area contributed by atoms with Gasteiger partial charge in [-0.3, -0.25) is 4.79 Å². The molecule has 5 heteroatoms. The number of carboxylic acids is 1. The molecule has 0 aliphatic carbocycles. The molecule has 0 saturated heterocycles. The number of carbonyl (C=O) groups is 1. The molecule has 3 N–H and O–H groups in total. The molecule has 0 amide bonds. The van der Waals surface area contributed by atoms with E-state index in [-0.39, 0.29) is 0 Å². The summed E-state index contributed by atoms with van der Waals surface area (Å²) in [5.41, 5.74) is 4.48. The average molecular weight is 255 g/mol. The van der Waals surface area contributed by atoms with Crippen LogP contribution in [0.4, 0.5) is 0 Å². The molecule has 1 unspecified atom stereocenters. The quantitative estimate of drug-likeness (QED) is 0.760. The first kappa shape index (κ1) is 13.9. The molecule has 1 rings (SSSR count).